The van der Waals surface area contributed by atoms with Gasteiger partial charge in [-0.2, -0.15) is 0 Å². The minimum Gasteiger partial charge on any atom is -0.481 e. The lowest BCUT2D eigenvalue weighted by molar-refractivity contribution is -0.214. The van der Waals surface area contributed by atoms with Crippen LogP contribution in [0.1, 0.15) is 137 Å². The Labute approximate surface area is 292 Å². The van der Waals surface area contributed by atoms with Crippen molar-refractivity contribution in [1.82, 2.24) is 10.3 Å². The number of carboxylic acid groups (broad SMARTS) is 1. The summed E-state index contributed by atoms with van der Waals surface area (Å²) < 4.78 is 6.14. The second-order valence-corrected chi connectivity index (χ2v) is 18.7. The maximum atomic E-state index is 13.9. The maximum absolute atomic E-state index is 13.9. The van der Waals surface area contributed by atoms with E-state index in [4.69, 9.17) is 4.74 Å². The Kier molecular flexibility index (Phi) is 8.59. The first-order chi connectivity index (χ1) is 22.7. The molecule has 1 heterocycles. The number of amides is 1. The number of carboxylic acids is 1. The van der Waals surface area contributed by atoms with Crippen LogP contribution < -0.4 is 5.32 Å². The summed E-state index contributed by atoms with van der Waals surface area (Å²) >= 11 is 0. The molecule has 0 bridgehead atoms. The lowest BCUT2D eigenvalue weighted by Crippen LogP contribution is -2.65. The number of carbonyl (C=O) groups excluding carboxylic acids is 3. The molecule has 0 aromatic carbocycles. The molecule has 1 amide bonds. The van der Waals surface area contributed by atoms with Gasteiger partial charge in [0.05, 0.1) is 22.9 Å². The van der Waals surface area contributed by atoms with E-state index in [1.807, 2.05) is 0 Å². The number of rotatable bonds is 7. The Morgan fingerprint density at radius 2 is 1.73 bits per heavy atom. The summed E-state index contributed by atoms with van der Waals surface area (Å²) in [7, 11) is 0. The van der Waals surface area contributed by atoms with Crippen LogP contribution in [0.15, 0.2) is 35.7 Å². The Bertz CT molecular complexity index is 1580. The molecule has 1 unspecified atom stereocenters. The van der Waals surface area contributed by atoms with Crippen molar-refractivity contribution in [3.05, 3.63) is 41.2 Å². The zero-order chi connectivity index (χ0) is 35.9. The maximum Gasteiger partial charge on any atom is 0.309 e. The fraction of sp³-hybridized carbons (Fsp3) is 0.732. The van der Waals surface area contributed by atoms with Gasteiger partial charge in [-0.1, -0.05) is 54.0 Å². The number of nitrogens with zero attached hydrogens (tertiary/aromatic N) is 1. The van der Waals surface area contributed by atoms with Gasteiger partial charge in [0.1, 0.15) is 11.9 Å². The van der Waals surface area contributed by atoms with Gasteiger partial charge in [0.2, 0.25) is 0 Å². The lowest BCUT2D eigenvalue weighted by Gasteiger charge is -2.70. The first-order valence-electron chi connectivity index (χ1n) is 18.7. The van der Waals surface area contributed by atoms with Gasteiger partial charge in [0.15, 0.2) is 0 Å². The van der Waals surface area contributed by atoms with Gasteiger partial charge in [-0.05, 0) is 117 Å². The number of allylic oxidation sites excluding steroid dienone is 1. The molecule has 0 aliphatic heterocycles. The van der Waals surface area contributed by atoms with Crippen molar-refractivity contribution < 1.29 is 29.0 Å². The number of carbonyl (C=O) groups is 4. The van der Waals surface area contributed by atoms with E-state index in [1.165, 1.54) is 11.1 Å². The molecule has 1 aromatic rings. The zero-order valence-corrected chi connectivity index (χ0v) is 31.2. The molecule has 4 fully saturated rings. The average molecular weight is 675 g/mol. The lowest BCUT2D eigenvalue weighted by atomic mass is 9.34. The predicted octanol–water partition coefficient (Wildman–Crippen LogP) is 7.96. The highest BCUT2D eigenvalue weighted by Crippen LogP contribution is 2.75. The van der Waals surface area contributed by atoms with Crippen molar-refractivity contribution in [2.24, 2.45) is 50.7 Å². The molecule has 49 heavy (non-hydrogen) atoms. The van der Waals surface area contributed by atoms with Gasteiger partial charge in [0, 0.05) is 30.1 Å². The summed E-state index contributed by atoms with van der Waals surface area (Å²) in [5.74, 6) is -0.565. The van der Waals surface area contributed by atoms with E-state index in [1.54, 1.807) is 38.4 Å². The van der Waals surface area contributed by atoms with E-state index in [2.05, 4.69) is 58.8 Å². The monoisotopic (exact) mass is 674 g/mol. The fourth-order valence-corrected chi connectivity index (χ4v) is 12.3. The molecule has 8 heteroatoms. The number of Topliss-reactive ketones (excluding diaryl/α,β-unsaturated/α-hetero) is 1. The molecule has 2 N–H and O–H groups in total. The summed E-state index contributed by atoms with van der Waals surface area (Å²) in [6.07, 6.45) is 10.7. The Morgan fingerprint density at radius 3 is 2.37 bits per heavy atom. The first kappa shape index (κ1) is 35.8. The Morgan fingerprint density at radius 1 is 1.02 bits per heavy atom. The third kappa shape index (κ3) is 5.32. The van der Waals surface area contributed by atoms with Crippen molar-refractivity contribution in [3.8, 4) is 0 Å². The summed E-state index contributed by atoms with van der Waals surface area (Å²) in [4.78, 5) is 56.5. The first-order valence-corrected chi connectivity index (χ1v) is 18.7. The molecule has 5 aliphatic rings. The molecule has 0 radical (unpaired) electrons. The highest BCUT2D eigenvalue weighted by Gasteiger charge is 2.69. The van der Waals surface area contributed by atoms with Crippen LogP contribution in [0.3, 0.4) is 0 Å². The van der Waals surface area contributed by atoms with Gasteiger partial charge in [-0.25, -0.2) is 0 Å². The van der Waals surface area contributed by atoms with Gasteiger partial charge >= 0.3 is 11.9 Å². The van der Waals surface area contributed by atoms with Crippen molar-refractivity contribution in [3.63, 3.8) is 0 Å². The van der Waals surface area contributed by atoms with Gasteiger partial charge < -0.3 is 15.2 Å². The molecule has 8 atom stereocenters. The largest absolute Gasteiger partial charge is 0.481 e. The second kappa shape index (κ2) is 11.8. The molecule has 0 spiro atoms. The van der Waals surface area contributed by atoms with E-state index in [-0.39, 0.29) is 57.7 Å². The van der Waals surface area contributed by atoms with E-state index >= 15 is 0 Å². The minimum absolute atomic E-state index is 0.0105. The third-order valence-corrected chi connectivity index (χ3v) is 15.0. The average Bonchev–Trinajstić information content (AvgIpc) is 3.30. The van der Waals surface area contributed by atoms with Crippen molar-refractivity contribution >= 4 is 23.6 Å². The molecule has 1 aromatic heterocycles. The van der Waals surface area contributed by atoms with E-state index in [0.29, 0.717) is 23.8 Å². The molecular weight excluding hydrogens is 616 g/mol. The van der Waals surface area contributed by atoms with Crippen LogP contribution in [0.4, 0.5) is 0 Å². The van der Waals surface area contributed by atoms with Crippen molar-refractivity contribution in [1.29, 1.82) is 0 Å². The summed E-state index contributed by atoms with van der Waals surface area (Å²) in [6.45, 7) is 19.4. The van der Waals surface area contributed by atoms with Crippen molar-refractivity contribution in [2.45, 2.75) is 138 Å². The highest BCUT2D eigenvalue weighted by molar-refractivity contribution is 5.98. The number of aliphatic carboxylic acids is 1. The Hall–Kier alpha value is -3.03. The molecule has 268 valence electrons. The van der Waals surface area contributed by atoms with Crippen LogP contribution in [-0.2, 0) is 19.1 Å². The topological polar surface area (TPSA) is 123 Å². The van der Waals surface area contributed by atoms with Gasteiger partial charge in [-0.15, -0.1) is 0 Å². The SMILES string of the molecule is CC(C)C1C(=O)C[C@]2(NC(=O)c3cccnc3)CC[C@]3(C)C(=C12)CC[C@@H]1[C@@]2(C)CC[C@H](OC(=O)CC(C)(C)C(=O)O)C(C)(C)[C@@H]2CC[C@]13C. The third-order valence-electron chi connectivity index (χ3n) is 15.0. The van der Waals surface area contributed by atoms with Crippen LogP contribution in [0.25, 0.3) is 0 Å². The summed E-state index contributed by atoms with van der Waals surface area (Å²) in [5, 5.41) is 13.0. The number of ketones is 1. The van der Waals surface area contributed by atoms with Gasteiger partial charge in [0.25, 0.3) is 5.91 Å². The predicted molar refractivity (Wildman–Crippen MR) is 187 cm³/mol. The zero-order valence-electron chi connectivity index (χ0n) is 31.2. The van der Waals surface area contributed by atoms with E-state index in [0.717, 1.165) is 51.4 Å². The normalized spacial score (nSPS) is 38.2. The highest BCUT2D eigenvalue weighted by atomic mass is 16.5. The van der Waals surface area contributed by atoms with Crippen LogP contribution in [0, 0.1) is 50.7 Å². The molecule has 0 saturated heterocycles. The quantitative estimate of drug-likeness (QED) is 0.222. The fourth-order valence-electron chi connectivity index (χ4n) is 12.3. The number of ether oxygens (including phenoxy) is 1. The van der Waals surface area contributed by atoms with Crippen LogP contribution in [0.5, 0.6) is 0 Å². The number of esters is 1. The molecule has 5 aliphatic carbocycles. The number of hydrogen-bond acceptors (Lipinski definition) is 6. The van der Waals surface area contributed by atoms with Crippen LogP contribution >= 0.6 is 0 Å². The number of nitrogens with one attached hydrogen (secondary N) is 1. The molecule has 8 nitrogen and oxygen atoms in total. The molecule has 6 rings (SSSR count). The smallest absolute Gasteiger partial charge is 0.309 e. The second-order valence-electron chi connectivity index (χ2n) is 18.7. The van der Waals surface area contributed by atoms with E-state index < -0.39 is 22.9 Å². The van der Waals surface area contributed by atoms with Gasteiger partial charge in [-0.3, -0.25) is 24.2 Å². The number of hydrogen-bond donors (Lipinski definition) is 2. The minimum atomic E-state index is -1.17. The number of fused-ring (bicyclic) bond motifs is 6. The van der Waals surface area contributed by atoms with E-state index in [9.17, 15) is 24.3 Å². The number of pyridine rings is 1. The van der Waals surface area contributed by atoms with Crippen LogP contribution in [0.2, 0.25) is 0 Å². The van der Waals surface area contributed by atoms with Crippen molar-refractivity contribution in [2.75, 3.05) is 0 Å². The summed E-state index contributed by atoms with van der Waals surface area (Å²) in [6, 6.07) is 3.56. The molecule has 4 saturated carbocycles. The van der Waals surface area contributed by atoms with Crippen LogP contribution in [-0.4, -0.2) is 45.4 Å². The number of aromatic nitrogens is 1. The standard InChI is InChI=1S/C41H58N2O6/c1-24(2)32-27(44)21-41(43-34(46)25-11-10-20-42-23-25)19-18-39(8)26(33(32)41)12-13-29-38(7)16-15-30(49-31(45)22-36(3,4)35(47)48)37(5,6)28(38)14-17-40(29,39)9/h10-11,20,23-24,28-30,32H,12-19,21-22H2,1-9H3,(H,43,46)(H,47,48)/t28-,29+,30-,32?,38-,39+,40+,41+/m0/s1. The summed E-state index contributed by atoms with van der Waals surface area (Å²) in [5.41, 5.74) is 1.04. The Balaban J connectivity index is 1.33. The molecular formula is C41H58N2O6.